The van der Waals surface area contributed by atoms with Crippen LogP contribution >= 0.6 is 0 Å². The third-order valence-electron chi connectivity index (χ3n) is 7.21. The van der Waals surface area contributed by atoms with E-state index < -0.39 is 0 Å². The van der Waals surface area contributed by atoms with Crippen molar-refractivity contribution in [1.82, 2.24) is 0 Å². The molecule has 0 aliphatic heterocycles. The van der Waals surface area contributed by atoms with Crippen molar-refractivity contribution in [2.45, 2.75) is 71.3 Å². The van der Waals surface area contributed by atoms with Crippen molar-refractivity contribution in [3.05, 3.63) is 96.1 Å². The predicted molar refractivity (Wildman–Crippen MR) is 173 cm³/mol. The molecule has 3 N–H and O–H groups in total. The van der Waals surface area contributed by atoms with Crippen molar-refractivity contribution in [3.63, 3.8) is 0 Å². The third-order valence-corrected chi connectivity index (χ3v) is 7.21. The van der Waals surface area contributed by atoms with Gasteiger partial charge in [0.05, 0.1) is 18.9 Å². The van der Waals surface area contributed by atoms with Gasteiger partial charge in [0.1, 0.15) is 0 Å². The standard InChI is InChI=1S/C18H21NO3.C18H23NO2/c1-2-22-18(20)10-6-5-9-17(19-21)16-12-11-14-7-3-4-8-15(14)13-16;1-2-21-18(20)10-6-5-9-17(19)16-12-11-14-7-3-4-8-15(14)13-16/h3-4,7-8,11-13,21H,2,5-6,9-10H2,1H3;3-4,7-8,11-13,17H,2,5-6,9-10,19H2,1H3. The van der Waals surface area contributed by atoms with E-state index in [1.807, 2.05) is 61.5 Å². The molecule has 1 atom stereocenters. The number of benzene rings is 4. The van der Waals surface area contributed by atoms with Crippen LogP contribution < -0.4 is 5.73 Å². The van der Waals surface area contributed by atoms with E-state index in [1.54, 1.807) is 6.92 Å². The second-order valence-corrected chi connectivity index (χ2v) is 10.4. The lowest BCUT2D eigenvalue weighted by molar-refractivity contribution is -0.144. The fraction of sp³-hybridized carbons (Fsp3) is 0.361. The number of hydrogen-bond acceptors (Lipinski definition) is 7. The largest absolute Gasteiger partial charge is 0.466 e. The number of carbonyl (C=O) groups excluding carboxylic acids is 2. The first-order valence-corrected chi connectivity index (χ1v) is 15.2. The van der Waals surface area contributed by atoms with Gasteiger partial charge in [0.15, 0.2) is 0 Å². The first-order chi connectivity index (χ1) is 20.9. The summed E-state index contributed by atoms with van der Waals surface area (Å²) < 4.78 is 9.80. The third kappa shape index (κ3) is 11.2. The molecule has 0 aromatic heterocycles. The van der Waals surface area contributed by atoms with E-state index >= 15 is 0 Å². The maximum absolute atomic E-state index is 11.3. The molecule has 0 fully saturated rings. The zero-order chi connectivity index (χ0) is 30.9. The van der Waals surface area contributed by atoms with Crippen LogP contribution in [0.4, 0.5) is 0 Å². The molecule has 0 aliphatic carbocycles. The molecule has 0 aliphatic rings. The van der Waals surface area contributed by atoms with Crippen LogP contribution in [0.2, 0.25) is 0 Å². The molecule has 0 radical (unpaired) electrons. The van der Waals surface area contributed by atoms with E-state index in [0.29, 0.717) is 38.2 Å². The Kier molecular flexibility index (Phi) is 14.2. The van der Waals surface area contributed by atoms with E-state index in [4.69, 9.17) is 15.2 Å². The highest BCUT2D eigenvalue weighted by molar-refractivity contribution is 6.03. The van der Waals surface area contributed by atoms with Gasteiger partial charge >= 0.3 is 11.9 Å². The number of carbonyl (C=O) groups is 2. The molecular weight excluding hydrogens is 540 g/mol. The molecule has 228 valence electrons. The lowest BCUT2D eigenvalue weighted by Gasteiger charge is -2.12. The van der Waals surface area contributed by atoms with Crippen LogP contribution in [0.15, 0.2) is 90.1 Å². The Balaban J connectivity index is 0.000000236. The number of nitrogens with zero attached hydrogens (tertiary/aromatic N) is 1. The second-order valence-electron chi connectivity index (χ2n) is 10.4. The van der Waals surface area contributed by atoms with Gasteiger partial charge in [0, 0.05) is 18.9 Å². The number of unbranched alkanes of at least 4 members (excludes halogenated alkanes) is 2. The number of hydrogen-bond donors (Lipinski definition) is 2. The Morgan fingerprint density at radius 3 is 1.79 bits per heavy atom. The summed E-state index contributed by atoms with van der Waals surface area (Å²) in [6.45, 7) is 4.50. The fourth-order valence-electron chi connectivity index (χ4n) is 4.89. The van der Waals surface area contributed by atoms with Crippen molar-refractivity contribution in [2.75, 3.05) is 13.2 Å². The quantitative estimate of drug-likeness (QED) is 0.0509. The van der Waals surface area contributed by atoms with Crippen LogP contribution in [0.5, 0.6) is 0 Å². The van der Waals surface area contributed by atoms with E-state index in [-0.39, 0.29) is 18.0 Å². The van der Waals surface area contributed by atoms with Gasteiger partial charge in [0.2, 0.25) is 0 Å². The topological polar surface area (TPSA) is 111 Å². The summed E-state index contributed by atoms with van der Waals surface area (Å²) in [5.74, 6) is -0.285. The molecule has 43 heavy (non-hydrogen) atoms. The van der Waals surface area contributed by atoms with Crippen LogP contribution in [0.25, 0.3) is 21.5 Å². The minimum atomic E-state index is -0.171. The molecule has 1 unspecified atom stereocenters. The Morgan fingerprint density at radius 2 is 1.21 bits per heavy atom. The fourth-order valence-corrected chi connectivity index (χ4v) is 4.89. The molecule has 0 saturated carbocycles. The van der Waals surface area contributed by atoms with Crippen molar-refractivity contribution < 1.29 is 24.3 Å². The summed E-state index contributed by atoms with van der Waals surface area (Å²) in [6.07, 6.45) is 5.69. The molecular formula is C36H44N2O5. The lowest BCUT2D eigenvalue weighted by Crippen LogP contribution is -2.10. The van der Waals surface area contributed by atoms with Gasteiger partial charge in [0.25, 0.3) is 0 Å². The maximum Gasteiger partial charge on any atom is 0.305 e. The highest BCUT2D eigenvalue weighted by atomic mass is 16.5. The summed E-state index contributed by atoms with van der Waals surface area (Å²) in [7, 11) is 0. The molecule has 4 rings (SSSR count). The number of fused-ring (bicyclic) bond motifs is 2. The average Bonchev–Trinajstić information content (AvgIpc) is 3.03. The van der Waals surface area contributed by atoms with Gasteiger partial charge in [-0.15, -0.1) is 0 Å². The monoisotopic (exact) mass is 584 g/mol. The van der Waals surface area contributed by atoms with Gasteiger partial charge in [-0.1, -0.05) is 84.4 Å². The molecule has 7 heteroatoms. The van der Waals surface area contributed by atoms with Gasteiger partial charge < -0.3 is 20.4 Å². The Hall–Kier alpha value is -4.23. The number of oxime groups is 1. The van der Waals surface area contributed by atoms with Crippen LogP contribution in [0, 0.1) is 0 Å². The minimum Gasteiger partial charge on any atom is -0.466 e. The van der Waals surface area contributed by atoms with Crippen molar-refractivity contribution in [2.24, 2.45) is 10.9 Å². The van der Waals surface area contributed by atoms with Gasteiger partial charge in [-0.3, -0.25) is 9.59 Å². The van der Waals surface area contributed by atoms with E-state index in [9.17, 15) is 14.8 Å². The first kappa shape index (κ1) is 33.3. The molecule has 7 nitrogen and oxygen atoms in total. The van der Waals surface area contributed by atoms with Crippen molar-refractivity contribution in [1.29, 1.82) is 0 Å². The van der Waals surface area contributed by atoms with Crippen LogP contribution in [-0.4, -0.2) is 36.1 Å². The number of ether oxygens (including phenoxy) is 2. The summed E-state index contributed by atoms with van der Waals surface area (Å²) >= 11 is 0. The minimum absolute atomic E-state index is 0.0248. The number of rotatable bonds is 14. The molecule has 0 bridgehead atoms. The van der Waals surface area contributed by atoms with Crippen molar-refractivity contribution in [3.8, 4) is 0 Å². The molecule has 4 aromatic carbocycles. The van der Waals surface area contributed by atoms with Crippen molar-refractivity contribution >= 4 is 39.2 Å². The second kappa shape index (κ2) is 18.3. The van der Waals surface area contributed by atoms with Gasteiger partial charge in [-0.05, 0) is 90.8 Å². The summed E-state index contributed by atoms with van der Waals surface area (Å²) in [5.41, 5.74) is 8.96. The predicted octanol–water partition coefficient (Wildman–Crippen LogP) is 8.10. The Labute approximate surface area is 254 Å². The Bertz CT molecular complexity index is 1480. The van der Waals surface area contributed by atoms with Crippen LogP contribution in [0.3, 0.4) is 0 Å². The van der Waals surface area contributed by atoms with E-state index in [2.05, 4.69) is 35.5 Å². The lowest BCUT2D eigenvalue weighted by atomic mass is 9.98. The normalized spacial score (nSPS) is 11.9. The number of nitrogens with two attached hydrogens (primary N) is 1. The summed E-state index contributed by atoms with van der Waals surface area (Å²) in [4.78, 5) is 22.5. The molecule has 0 amide bonds. The highest BCUT2D eigenvalue weighted by Crippen LogP contribution is 2.23. The van der Waals surface area contributed by atoms with E-state index in [1.165, 1.54) is 10.8 Å². The average molecular weight is 585 g/mol. The molecule has 4 aromatic rings. The van der Waals surface area contributed by atoms with E-state index in [0.717, 1.165) is 54.0 Å². The first-order valence-electron chi connectivity index (χ1n) is 15.2. The van der Waals surface area contributed by atoms with Crippen LogP contribution in [0.1, 0.15) is 82.4 Å². The molecule has 0 saturated heterocycles. The van der Waals surface area contributed by atoms with Gasteiger partial charge in [-0.2, -0.15) is 0 Å². The zero-order valence-electron chi connectivity index (χ0n) is 25.3. The SMILES string of the molecule is CCOC(=O)CCCCC(=NO)c1ccc2ccccc2c1.CCOC(=O)CCCCC(N)c1ccc2ccccc2c1. The maximum atomic E-state index is 11.3. The molecule has 0 heterocycles. The number of esters is 2. The highest BCUT2D eigenvalue weighted by Gasteiger charge is 2.09. The Morgan fingerprint density at radius 1 is 0.698 bits per heavy atom. The molecule has 0 spiro atoms. The smallest absolute Gasteiger partial charge is 0.305 e. The summed E-state index contributed by atoms with van der Waals surface area (Å²) in [5, 5.41) is 17.4. The van der Waals surface area contributed by atoms with Gasteiger partial charge in [-0.25, -0.2) is 0 Å². The zero-order valence-corrected chi connectivity index (χ0v) is 25.3. The summed E-state index contributed by atoms with van der Waals surface area (Å²) in [6, 6.07) is 28.8. The van der Waals surface area contributed by atoms with Crippen LogP contribution in [-0.2, 0) is 19.1 Å².